The second-order valence-electron chi connectivity index (χ2n) is 4.56. The van der Waals surface area contributed by atoms with Crippen LogP contribution in [0.3, 0.4) is 0 Å². The van der Waals surface area contributed by atoms with Gasteiger partial charge in [0.1, 0.15) is 0 Å². The first-order chi connectivity index (χ1) is 10.1. The highest BCUT2D eigenvalue weighted by molar-refractivity contribution is 9.10. The molecular weight excluding hydrogens is 348 g/mol. The van der Waals surface area contributed by atoms with Gasteiger partial charge < -0.3 is 5.11 Å². The van der Waals surface area contributed by atoms with Crippen LogP contribution in [0.15, 0.2) is 74.9 Å². The number of carboxylic acids is 1. The Morgan fingerprint density at radius 1 is 0.905 bits per heavy atom. The fraction of sp³-hybridized carbons (Fsp3) is 0. The summed E-state index contributed by atoms with van der Waals surface area (Å²) in [6.45, 7) is 0. The van der Waals surface area contributed by atoms with Gasteiger partial charge in [0.05, 0.1) is 5.56 Å². The van der Waals surface area contributed by atoms with E-state index in [0.717, 1.165) is 9.79 Å². The zero-order chi connectivity index (χ0) is 14.8. The van der Waals surface area contributed by atoms with Crippen LogP contribution in [0.5, 0.6) is 0 Å². The number of carbonyl (C=O) groups is 1. The van der Waals surface area contributed by atoms with Gasteiger partial charge in [-0.25, -0.2) is 4.79 Å². The first-order valence-electron chi connectivity index (χ1n) is 6.33. The van der Waals surface area contributed by atoms with Gasteiger partial charge in [-0.15, -0.1) is 0 Å². The highest BCUT2D eigenvalue weighted by Crippen LogP contribution is 2.32. The number of halogens is 1. The Morgan fingerprint density at radius 2 is 1.57 bits per heavy atom. The fourth-order valence-electron chi connectivity index (χ4n) is 2.10. The van der Waals surface area contributed by atoms with E-state index in [2.05, 4.69) is 46.3 Å². The van der Waals surface area contributed by atoms with E-state index in [1.165, 1.54) is 10.8 Å². The molecule has 0 fully saturated rings. The highest BCUT2D eigenvalue weighted by atomic mass is 79.9. The van der Waals surface area contributed by atoms with Crippen molar-refractivity contribution in [2.24, 2.45) is 0 Å². The summed E-state index contributed by atoms with van der Waals surface area (Å²) in [4.78, 5) is 13.1. The van der Waals surface area contributed by atoms with E-state index in [1.807, 2.05) is 24.3 Å². The van der Waals surface area contributed by atoms with Crippen molar-refractivity contribution in [1.82, 2.24) is 0 Å². The molecule has 0 saturated carbocycles. The van der Waals surface area contributed by atoms with Crippen molar-refractivity contribution in [2.45, 2.75) is 9.79 Å². The van der Waals surface area contributed by atoms with Crippen molar-refractivity contribution in [3.8, 4) is 0 Å². The summed E-state index contributed by atoms with van der Waals surface area (Å²) >= 11 is 4.92. The average Bonchev–Trinajstić information content (AvgIpc) is 2.47. The Kier molecular flexibility index (Phi) is 3.99. The maximum Gasteiger partial charge on any atom is 0.336 e. The molecule has 3 rings (SSSR count). The fourth-order valence-corrected chi connectivity index (χ4v) is 3.71. The van der Waals surface area contributed by atoms with Crippen molar-refractivity contribution in [1.29, 1.82) is 0 Å². The summed E-state index contributed by atoms with van der Waals surface area (Å²) in [5.41, 5.74) is 0.276. The number of fused-ring (bicyclic) bond motifs is 1. The molecule has 0 spiro atoms. The van der Waals surface area contributed by atoms with E-state index >= 15 is 0 Å². The van der Waals surface area contributed by atoms with Crippen molar-refractivity contribution >= 4 is 44.4 Å². The molecule has 0 aliphatic heterocycles. The first-order valence-corrected chi connectivity index (χ1v) is 7.94. The molecule has 0 atom stereocenters. The summed E-state index contributed by atoms with van der Waals surface area (Å²) in [5, 5.41) is 11.4. The topological polar surface area (TPSA) is 37.3 Å². The average molecular weight is 359 g/mol. The molecule has 0 aliphatic rings. The molecule has 0 heterocycles. The molecule has 0 unspecified atom stereocenters. The van der Waals surface area contributed by atoms with E-state index in [9.17, 15) is 4.79 Å². The lowest BCUT2D eigenvalue weighted by Gasteiger charge is -2.06. The van der Waals surface area contributed by atoms with Crippen LogP contribution in [0.4, 0.5) is 0 Å². The van der Waals surface area contributed by atoms with Crippen molar-refractivity contribution in [3.63, 3.8) is 0 Å². The Bertz CT molecular complexity index is 830. The third kappa shape index (κ3) is 3.12. The maximum atomic E-state index is 11.0. The van der Waals surface area contributed by atoms with Crippen LogP contribution >= 0.6 is 27.7 Å². The minimum absolute atomic E-state index is 0.276. The number of hydrogen-bond donors (Lipinski definition) is 1. The summed E-state index contributed by atoms with van der Waals surface area (Å²) < 4.78 is 0.598. The number of benzene rings is 3. The minimum atomic E-state index is -0.927. The van der Waals surface area contributed by atoms with Crippen molar-refractivity contribution in [2.75, 3.05) is 0 Å². The van der Waals surface area contributed by atoms with Gasteiger partial charge in [0.25, 0.3) is 0 Å². The lowest BCUT2D eigenvalue weighted by Crippen LogP contribution is -1.96. The molecule has 0 radical (unpaired) electrons. The van der Waals surface area contributed by atoms with E-state index < -0.39 is 5.97 Å². The quantitative estimate of drug-likeness (QED) is 0.676. The van der Waals surface area contributed by atoms with Gasteiger partial charge in [0.2, 0.25) is 0 Å². The molecule has 0 aromatic heterocycles. The molecule has 4 heteroatoms. The summed E-state index contributed by atoms with van der Waals surface area (Å²) in [6, 6.07) is 19.8. The monoisotopic (exact) mass is 358 g/mol. The Hall–Kier alpha value is -1.78. The predicted octanol–water partition coefficient (Wildman–Crippen LogP) is 5.45. The summed E-state index contributed by atoms with van der Waals surface area (Å²) in [5.74, 6) is -0.927. The van der Waals surface area contributed by atoms with E-state index in [1.54, 1.807) is 17.8 Å². The molecule has 0 amide bonds. The molecule has 0 bridgehead atoms. The molecule has 0 saturated heterocycles. The Morgan fingerprint density at radius 3 is 2.29 bits per heavy atom. The van der Waals surface area contributed by atoms with Crippen LogP contribution in [-0.2, 0) is 0 Å². The van der Waals surface area contributed by atoms with Crippen LogP contribution in [-0.4, -0.2) is 11.1 Å². The van der Waals surface area contributed by atoms with E-state index in [-0.39, 0.29) is 5.56 Å². The molecule has 1 N–H and O–H groups in total. The smallest absolute Gasteiger partial charge is 0.336 e. The zero-order valence-corrected chi connectivity index (χ0v) is 13.3. The number of rotatable bonds is 3. The lowest BCUT2D eigenvalue weighted by atomic mass is 10.1. The molecule has 3 aromatic rings. The molecule has 2 nitrogen and oxygen atoms in total. The van der Waals surface area contributed by atoms with Gasteiger partial charge >= 0.3 is 5.97 Å². The van der Waals surface area contributed by atoms with Crippen LogP contribution in [0.2, 0.25) is 0 Å². The van der Waals surface area contributed by atoms with Gasteiger partial charge in [-0.3, -0.25) is 0 Å². The van der Waals surface area contributed by atoms with E-state index in [4.69, 9.17) is 5.11 Å². The lowest BCUT2D eigenvalue weighted by molar-refractivity contribution is 0.0696. The van der Waals surface area contributed by atoms with Crippen LogP contribution < -0.4 is 0 Å². The SMILES string of the molecule is O=C(O)c1ccc(Sc2ccc3ccccc3c2)cc1Br. The van der Waals surface area contributed by atoms with Gasteiger partial charge in [0, 0.05) is 14.3 Å². The normalized spacial score (nSPS) is 10.7. The van der Waals surface area contributed by atoms with Crippen molar-refractivity contribution in [3.05, 3.63) is 70.7 Å². The molecule has 104 valence electrons. The third-order valence-corrected chi connectivity index (χ3v) is 4.76. The Labute approximate surface area is 134 Å². The van der Waals surface area contributed by atoms with Gasteiger partial charge in [-0.1, -0.05) is 42.1 Å². The maximum absolute atomic E-state index is 11.0. The first kappa shape index (κ1) is 14.2. The van der Waals surface area contributed by atoms with Gasteiger partial charge in [-0.2, -0.15) is 0 Å². The van der Waals surface area contributed by atoms with Gasteiger partial charge in [-0.05, 0) is 57.0 Å². The predicted molar refractivity (Wildman–Crippen MR) is 89.2 cm³/mol. The van der Waals surface area contributed by atoms with Crippen LogP contribution in [0.1, 0.15) is 10.4 Å². The third-order valence-electron chi connectivity index (χ3n) is 3.13. The largest absolute Gasteiger partial charge is 0.478 e. The van der Waals surface area contributed by atoms with Crippen molar-refractivity contribution < 1.29 is 9.90 Å². The number of carboxylic acid groups (broad SMARTS) is 1. The van der Waals surface area contributed by atoms with E-state index in [0.29, 0.717) is 4.47 Å². The second kappa shape index (κ2) is 5.92. The number of aromatic carboxylic acids is 1. The standard InChI is InChI=1S/C17H11BrO2S/c18-16-10-14(7-8-15(16)17(19)20)21-13-6-5-11-3-1-2-4-12(11)9-13/h1-10H,(H,19,20). The minimum Gasteiger partial charge on any atom is -0.478 e. The molecule has 21 heavy (non-hydrogen) atoms. The van der Waals surface area contributed by atoms with Crippen LogP contribution in [0.25, 0.3) is 10.8 Å². The number of hydrogen-bond acceptors (Lipinski definition) is 2. The highest BCUT2D eigenvalue weighted by Gasteiger charge is 2.09. The Balaban J connectivity index is 1.91. The van der Waals surface area contributed by atoms with Crippen LogP contribution in [0, 0.1) is 0 Å². The molecule has 0 aliphatic carbocycles. The molecule has 3 aromatic carbocycles. The zero-order valence-electron chi connectivity index (χ0n) is 10.9. The second-order valence-corrected chi connectivity index (χ2v) is 6.56. The summed E-state index contributed by atoms with van der Waals surface area (Å²) in [6.07, 6.45) is 0. The summed E-state index contributed by atoms with van der Waals surface area (Å²) in [7, 11) is 0. The van der Waals surface area contributed by atoms with Gasteiger partial charge in [0.15, 0.2) is 0 Å². The molecular formula is C17H11BrO2S.